The Morgan fingerprint density at radius 2 is 1.77 bits per heavy atom. The molecule has 5 heteroatoms. The maximum absolute atomic E-state index is 12.4. The fraction of sp³-hybridized carbons (Fsp3) is 0.238. The number of benzene rings is 2. The Morgan fingerprint density at radius 1 is 1.12 bits per heavy atom. The number of carbonyl (C=O) groups excluding carboxylic acids is 1. The first kappa shape index (κ1) is 17.7. The topological polar surface area (TPSA) is 50.2 Å². The number of hydrogen-bond acceptors (Lipinski definition) is 3. The first-order chi connectivity index (χ1) is 12.6. The van der Waals surface area contributed by atoms with Gasteiger partial charge in [0.1, 0.15) is 12.4 Å². The summed E-state index contributed by atoms with van der Waals surface area (Å²) in [6, 6.07) is 20.2. The molecule has 0 aliphatic rings. The van der Waals surface area contributed by atoms with Gasteiger partial charge in [-0.2, -0.15) is 0 Å². The van der Waals surface area contributed by atoms with E-state index in [2.05, 4.69) is 34.3 Å². The van der Waals surface area contributed by atoms with Crippen LogP contribution >= 0.6 is 0 Å². The largest absolute Gasteiger partial charge is 0.370 e. The summed E-state index contributed by atoms with van der Waals surface area (Å²) in [5.74, 6) is 0.781. The second-order valence-electron chi connectivity index (χ2n) is 6.34. The maximum Gasteiger partial charge on any atom is 0.240 e. The van der Waals surface area contributed by atoms with Gasteiger partial charge in [0.15, 0.2) is 0 Å². The third-order valence-electron chi connectivity index (χ3n) is 4.48. The number of para-hydroxylation sites is 1. The summed E-state index contributed by atoms with van der Waals surface area (Å²) in [6.45, 7) is 2.94. The highest BCUT2D eigenvalue weighted by Gasteiger charge is 2.13. The standard InChI is InChI=1S/C21H24N4O/c1-17(24(2)19-11-7-4-8-12-19)15-23-20(26)16-25-14-13-22-21(25)18-9-5-3-6-10-18/h3-14,17H,15-16H2,1-2H3,(H,23,26). The molecule has 1 amide bonds. The van der Waals surface area contributed by atoms with Gasteiger partial charge in [-0.05, 0) is 19.1 Å². The van der Waals surface area contributed by atoms with Crippen LogP contribution in [0.25, 0.3) is 11.4 Å². The molecule has 0 spiro atoms. The van der Waals surface area contributed by atoms with Crippen LogP contribution in [0.3, 0.4) is 0 Å². The monoisotopic (exact) mass is 348 g/mol. The van der Waals surface area contributed by atoms with Crippen LogP contribution in [-0.4, -0.2) is 35.1 Å². The van der Waals surface area contributed by atoms with Crippen molar-refractivity contribution >= 4 is 11.6 Å². The van der Waals surface area contributed by atoms with Crippen molar-refractivity contribution < 1.29 is 4.79 Å². The van der Waals surface area contributed by atoms with Crippen LogP contribution in [0.5, 0.6) is 0 Å². The lowest BCUT2D eigenvalue weighted by molar-refractivity contribution is -0.121. The van der Waals surface area contributed by atoms with Crippen LogP contribution in [-0.2, 0) is 11.3 Å². The molecular weight excluding hydrogens is 324 g/mol. The Labute approximate surface area is 154 Å². The van der Waals surface area contributed by atoms with Crippen molar-refractivity contribution in [3.8, 4) is 11.4 Å². The van der Waals surface area contributed by atoms with Gasteiger partial charge in [-0.1, -0.05) is 48.5 Å². The quantitative estimate of drug-likeness (QED) is 0.713. The van der Waals surface area contributed by atoms with Crippen molar-refractivity contribution in [3.05, 3.63) is 73.1 Å². The van der Waals surface area contributed by atoms with E-state index in [1.54, 1.807) is 6.20 Å². The summed E-state index contributed by atoms with van der Waals surface area (Å²) >= 11 is 0. The Kier molecular flexibility index (Phi) is 5.69. The van der Waals surface area contributed by atoms with Crippen LogP contribution in [0, 0.1) is 0 Å². The van der Waals surface area contributed by atoms with Crippen LogP contribution in [0.4, 0.5) is 5.69 Å². The highest BCUT2D eigenvalue weighted by molar-refractivity contribution is 5.76. The minimum atomic E-state index is -0.0199. The number of imidazole rings is 1. The number of aromatic nitrogens is 2. The molecule has 0 saturated carbocycles. The number of likely N-dealkylation sites (N-methyl/N-ethyl adjacent to an activating group) is 1. The zero-order chi connectivity index (χ0) is 18.4. The van der Waals surface area contributed by atoms with Crippen LogP contribution in [0.2, 0.25) is 0 Å². The highest BCUT2D eigenvalue weighted by Crippen LogP contribution is 2.16. The lowest BCUT2D eigenvalue weighted by Crippen LogP contribution is -2.41. The molecule has 0 aliphatic heterocycles. The predicted molar refractivity (Wildman–Crippen MR) is 105 cm³/mol. The van der Waals surface area contributed by atoms with Crippen molar-refractivity contribution in [2.24, 2.45) is 0 Å². The highest BCUT2D eigenvalue weighted by atomic mass is 16.1. The van der Waals surface area contributed by atoms with Crippen molar-refractivity contribution in [2.45, 2.75) is 19.5 Å². The van der Waals surface area contributed by atoms with Gasteiger partial charge in [-0.25, -0.2) is 4.98 Å². The molecule has 0 aliphatic carbocycles. The van der Waals surface area contributed by atoms with E-state index in [0.717, 1.165) is 17.1 Å². The summed E-state index contributed by atoms with van der Waals surface area (Å²) in [5, 5.41) is 3.02. The number of carbonyl (C=O) groups is 1. The molecule has 1 atom stereocenters. The number of nitrogens with zero attached hydrogens (tertiary/aromatic N) is 3. The van der Waals surface area contributed by atoms with Gasteiger partial charge in [0.25, 0.3) is 0 Å². The molecule has 134 valence electrons. The molecule has 3 rings (SSSR count). The Hall–Kier alpha value is -3.08. The SMILES string of the molecule is CC(CNC(=O)Cn1ccnc1-c1ccccc1)N(C)c1ccccc1. The third-order valence-corrected chi connectivity index (χ3v) is 4.48. The molecule has 3 aromatic rings. The zero-order valence-electron chi connectivity index (χ0n) is 15.2. The summed E-state index contributed by atoms with van der Waals surface area (Å²) in [6.07, 6.45) is 3.56. The Balaban J connectivity index is 1.56. The van der Waals surface area contributed by atoms with Crippen molar-refractivity contribution in [2.75, 3.05) is 18.5 Å². The van der Waals surface area contributed by atoms with Crippen LogP contribution in [0.1, 0.15) is 6.92 Å². The first-order valence-electron chi connectivity index (χ1n) is 8.76. The van der Waals surface area contributed by atoms with E-state index in [4.69, 9.17) is 0 Å². The van der Waals surface area contributed by atoms with E-state index in [1.165, 1.54) is 0 Å². The van der Waals surface area contributed by atoms with E-state index in [0.29, 0.717) is 6.54 Å². The molecule has 0 saturated heterocycles. The summed E-state index contributed by atoms with van der Waals surface area (Å²) in [5.41, 5.74) is 2.14. The van der Waals surface area contributed by atoms with Gasteiger partial charge in [0.2, 0.25) is 5.91 Å². The van der Waals surface area contributed by atoms with E-state index >= 15 is 0 Å². The molecule has 5 nitrogen and oxygen atoms in total. The van der Waals surface area contributed by atoms with Gasteiger partial charge >= 0.3 is 0 Å². The maximum atomic E-state index is 12.4. The van der Waals surface area contributed by atoms with Gasteiger partial charge < -0.3 is 14.8 Å². The molecule has 0 bridgehead atoms. The minimum absolute atomic E-state index is 0.0199. The molecule has 1 unspecified atom stereocenters. The Bertz CT molecular complexity index is 829. The normalized spacial score (nSPS) is 11.8. The van der Waals surface area contributed by atoms with E-state index in [9.17, 15) is 4.79 Å². The van der Waals surface area contributed by atoms with Crippen LogP contribution < -0.4 is 10.2 Å². The lowest BCUT2D eigenvalue weighted by Gasteiger charge is -2.27. The molecule has 1 N–H and O–H groups in total. The first-order valence-corrected chi connectivity index (χ1v) is 8.76. The zero-order valence-corrected chi connectivity index (χ0v) is 15.2. The third kappa shape index (κ3) is 4.30. The number of anilines is 1. The van der Waals surface area contributed by atoms with E-state index in [-0.39, 0.29) is 18.5 Å². The summed E-state index contributed by atoms with van der Waals surface area (Å²) in [7, 11) is 2.04. The van der Waals surface area contributed by atoms with E-state index in [1.807, 2.05) is 66.3 Å². The average Bonchev–Trinajstić information content (AvgIpc) is 3.15. The molecule has 0 radical (unpaired) electrons. The second-order valence-corrected chi connectivity index (χ2v) is 6.34. The molecule has 26 heavy (non-hydrogen) atoms. The van der Waals surface area contributed by atoms with Crippen LogP contribution in [0.15, 0.2) is 73.1 Å². The molecular formula is C21H24N4O. The second kappa shape index (κ2) is 8.34. The molecule has 1 heterocycles. The average molecular weight is 348 g/mol. The van der Waals surface area contributed by atoms with Gasteiger partial charge in [0, 0.05) is 43.3 Å². The number of rotatable bonds is 7. The number of hydrogen-bond donors (Lipinski definition) is 1. The fourth-order valence-electron chi connectivity index (χ4n) is 2.81. The van der Waals surface area contributed by atoms with Gasteiger partial charge in [0.05, 0.1) is 0 Å². The number of nitrogens with one attached hydrogen (secondary N) is 1. The molecule has 1 aromatic heterocycles. The smallest absolute Gasteiger partial charge is 0.240 e. The summed E-state index contributed by atoms with van der Waals surface area (Å²) < 4.78 is 1.87. The Morgan fingerprint density at radius 3 is 2.46 bits per heavy atom. The molecule has 0 fully saturated rings. The van der Waals surface area contributed by atoms with Gasteiger partial charge in [-0.15, -0.1) is 0 Å². The lowest BCUT2D eigenvalue weighted by atomic mass is 10.2. The number of amides is 1. The van der Waals surface area contributed by atoms with Crippen molar-refractivity contribution in [1.82, 2.24) is 14.9 Å². The summed E-state index contributed by atoms with van der Waals surface area (Å²) in [4.78, 5) is 18.9. The predicted octanol–water partition coefficient (Wildman–Crippen LogP) is 3.19. The molecule has 2 aromatic carbocycles. The van der Waals surface area contributed by atoms with Gasteiger partial charge in [-0.3, -0.25) is 4.79 Å². The van der Waals surface area contributed by atoms with E-state index < -0.39 is 0 Å². The minimum Gasteiger partial charge on any atom is -0.370 e. The van der Waals surface area contributed by atoms with Crippen molar-refractivity contribution in [3.63, 3.8) is 0 Å². The fourth-order valence-corrected chi connectivity index (χ4v) is 2.81. The van der Waals surface area contributed by atoms with Crippen molar-refractivity contribution in [1.29, 1.82) is 0 Å².